The van der Waals surface area contributed by atoms with Crippen LogP contribution in [0.25, 0.3) is 0 Å². The first-order chi connectivity index (χ1) is 13.4. The number of pyridine rings is 1. The molecule has 150 valence electrons. The summed E-state index contributed by atoms with van der Waals surface area (Å²) in [7, 11) is 7.01. The number of hydrogen-bond acceptors (Lipinski definition) is 6. The molecule has 0 saturated carbocycles. The highest BCUT2D eigenvalue weighted by Crippen LogP contribution is 2.29. The van der Waals surface area contributed by atoms with Crippen LogP contribution in [0.1, 0.15) is 27.3 Å². The molecule has 0 atom stereocenters. The fraction of sp³-hybridized carbons (Fsp3) is 0.350. The second-order valence-corrected chi connectivity index (χ2v) is 6.36. The average Bonchev–Trinajstić information content (AvgIpc) is 2.70. The fourth-order valence-electron chi connectivity index (χ4n) is 2.49. The molecule has 0 aliphatic heterocycles. The van der Waals surface area contributed by atoms with E-state index in [1.165, 1.54) is 26.5 Å². The number of carbonyl (C=O) groups excluding carboxylic acids is 2. The molecule has 0 aliphatic rings. The van der Waals surface area contributed by atoms with Gasteiger partial charge in [-0.1, -0.05) is 0 Å². The van der Waals surface area contributed by atoms with Crippen LogP contribution in [0, 0.1) is 0 Å². The Kier molecular flexibility index (Phi) is 7.76. The lowest BCUT2D eigenvalue weighted by Gasteiger charge is -2.12. The Morgan fingerprint density at radius 1 is 1.07 bits per heavy atom. The zero-order valence-electron chi connectivity index (χ0n) is 16.6. The summed E-state index contributed by atoms with van der Waals surface area (Å²) in [5, 5.41) is 5.58. The van der Waals surface area contributed by atoms with Crippen LogP contribution < -0.4 is 20.1 Å². The molecule has 2 amide bonds. The van der Waals surface area contributed by atoms with Gasteiger partial charge in [-0.2, -0.15) is 0 Å². The molecule has 28 heavy (non-hydrogen) atoms. The number of nitrogens with zero attached hydrogens (tertiary/aromatic N) is 2. The molecule has 0 unspecified atom stereocenters. The number of benzene rings is 1. The summed E-state index contributed by atoms with van der Waals surface area (Å²) >= 11 is 0. The first-order valence-corrected chi connectivity index (χ1v) is 8.87. The van der Waals surface area contributed by atoms with Gasteiger partial charge in [0.1, 0.15) is 17.2 Å². The Bertz CT molecular complexity index is 824. The lowest BCUT2D eigenvalue weighted by molar-refractivity contribution is 0.0952. The van der Waals surface area contributed by atoms with Crippen molar-refractivity contribution in [3.05, 3.63) is 47.8 Å². The van der Waals surface area contributed by atoms with Crippen LogP contribution in [0.3, 0.4) is 0 Å². The highest BCUT2D eigenvalue weighted by molar-refractivity contribution is 6.05. The normalized spacial score (nSPS) is 10.5. The average molecular weight is 386 g/mol. The minimum Gasteiger partial charge on any atom is -0.497 e. The smallest absolute Gasteiger partial charge is 0.274 e. The van der Waals surface area contributed by atoms with Crippen molar-refractivity contribution in [2.75, 3.05) is 46.7 Å². The van der Waals surface area contributed by atoms with E-state index >= 15 is 0 Å². The molecule has 0 aliphatic carbocycles. The van der Waals surface area contributed by atoms with Gasteiger partial charge in [0.15, 0.2) is 0 Å². The lowest BCUT2D eigenvalue weighted by atomic mass is 10.2. The third kappa shape index (κ3) is 5.95. The molecule has 2 rings (SSSR count). The molecule has 0 saturated heterocycles. The van der Waals surface area contributed by atoms with Crippen molar-refractivity contribution in [1.29, 1.82) is 0 Å². The van der Waals surface area contributed by atoms with Crippen LogP contribution >= 0.6 is 0 Å². The lowest BCUT2D eigenvalue weighted by Crippen LogP contribution is -2.27. The standard InChI is InChI=1S/C20H26N4O4/c1-24(2)11-5-9-22-19(25)14-8-10-21-17(12-14)20(26)23-16-13-15(27-3)6-7-18(16)28-4/h6-8,10,12-13H,5,9,11H2,1-4H3,(H,22,25)(H,23,26). The van der Waals surface area contributed by atoms with Gasteiger partial charge in [-0.25, -0.2) is 0 Å². The molecule has 8 heteroatoms. The number of rotatable bonds is 9. The predicted molar refractivity (Wildman–Crippen MR) is 107 cm³/mol. The number of ether oxygens (including phenoxy) is 2. The van der Waals surface area contributed by atoms with Gasteiger partial charge in [-0.15, -0.1) is 0 Å². The number of anilines is 1. The van der Waals surface area contributed by atoms with Crippen LogP contribution in [-0.4, -0.2) is 63.1 Å². The van der Waals surface area contributed by atoms with Crippen molar-refractivity contribution >= 4 is 17.5 Å². The Morgan fingerprint density at radius 2 is 1.86 bits per heavy atom. The van der Waals surface area contributed by atoms with Gasteiger partial charge in [0, 0.05) is 24.4 Å². The molecule has 0 radical (unpaired) electrons. The highest BCUT2D eigenvalue weighted by Gasteiger charge is 2.14. The first kappa shape index (κ1) is 21.2. The summed E-state index contributed by atoms with van der Waals surface area (Å²) in [6.07, 6.45) is 2.28. The van der Waals surface area contributed by atoms with Crippen LogP contribution in [0.15, 0.2) is 36.5 Å². The van der Waals surface area contributed by atoms with Crippen LogP contribution in [0.5, 0.6) is 11.5 Å². The minimum absolute atomic E-state index is 0.130. The van der Waals surface area contributed by atoms with Crippen LogP contribution in [0.2, 0.25) is 0 Å². The van der Waals surface area contributed by atoms with E-state index in [-0.39, 0.29) is 11.6 Å². The summed E-state index contributed by atoms with van der Waals surface area (Å²) < 4.78 is 10.4. The molecule has 1 aromatic carbocycles. The van der Waals surface area contributed by atoms with Gasteiger partial charge in [0.25, 0.3) is 11.8 Å². The number of carbonyl (C=O) groups is 2. The molecule has 2 aromatic rings. The summed E-state index contributed by atoms with van der Waals surface area (Å²) in [5.41, 5.74) is 0.959. The molecule has 2 N–H and O–H groups in total. The molecule has 1 aromatic heterocycles. The Morgan fingerprint density at radius 3 is 2.54 bits per heavy atom. The summed E-state index contributed by atoms with van der Waals surface area (Å²) in [4.78, 5) is 31.0. The van der Waals surface area contributed by atoms with E-state index in [1.54, 1.807) is 24.3 Å². The Balaban J connectivity index is 2.07. The largest absolute Gasteiger partial charge is 0.497 e. The van der Waals surface area contributed by atoms with E-state index in [2.05, 4.69) is 15.6 Å². The molecule has 8 nitrogen and oxygen atoms in total. The monoisotopic (exact) mass is 386 g/mol. The van der Waals surface area contributed by atoms with Crippen molar-refractivity contribution < 1.29 is 19.1 Å². The maximum atomic E-state index is 12.6. The van der Waals surface area contributed by atoms with Gasteiger partial charge in [0.2, 0.25) is 0 Å². The van der Waals surface area contributed by atoms with Crippen molar-refractivity contribution in [3.63, 3.8) is 0 Å². The minimum atomic E-state index is -0.450. The molecule has 0 spiro atoms. The topological polar surface area (TPSA) is 92.8 Å². The summed E-state index contributed by atoms with van der Waals surface area (Å²) in [6, 6.07) is 8.11. The Hall–Kier alpha value is -3.13. The van der Waals surface area contributed by atoms with Crippen molar-refractivity contribution in [2.45, 2.75) is 6.42 Å². The van der Waals surface area contributed by atoms with Gasteiger partial charge in [0.05, 0.1) is 19.9 Å². The first-order valence-electron chi connectivity index (χ1n) is 8.87. The van der Waals surface area contributed by atoms with Gasteiger partial charge in [-0.3, -0.25) is 14.6 Å². The maximum Gasteiger partial charge on any atom is 0.274 e. The second kappa shape index (κ2) is 10.3. The van der Waals surface area contributed by atoms with E-state index in [1.807, 2.05) is 19.0 Å². The van der Waals surface area contributed by atoms with Crippen LogP contribution in [0.4, 0.5) is 5.69 Å². The van der Waals surface area contributed by atoms with E-state index < -0.39 is 5.91 Å². The number of amides is 2. The quantitative estimate of drug-likeness (QED) is 0.641. The molecule has 1 heterocycles. The van der Waals surface area contributed by atoms with E-state index in [0.29, 0.717) is 29.3 Å². The molecule has 0 bridgehead atoms. The molecule has 0 fully saturated rings. The van der Waals surface area contributed by atoms with Gasteiger partial charge >= 0.3 is 0 Å². The number of methoxy groups -OCH3 is 2. The zero-order valence-corrected chi connectivity index (χ0v) is 16.6. The van der Waals surface area contributed by atoms with Crippen molar-refractivity contribution in [2.24, 2.45) is 0 Å². The number of aromatic nitrogens is 1. The van der Waals surface area contributed by atoms with Gasteiger partial charge in [-0.05, 0) is 51.3 Å². The van der Waals surface area contributed by atoms with E-state index in [0.717, 1.165) is 13.0 Å². The third-order valence-electron chi connectivity index (χ3n) is 3.98. The SMILES string of the molecule is COc1ccc(OC)c(NC(=O)c2cc(C(=O)NCCCN(C)C)ccn2)c1. The molecular weight excluding hydrogens is 360 g/mol. The fourth-order valence-corrected chi connectivity index (χ4v) is 2.49. The summed E-state index contributed by atoms with van der Waals surface area (Å²) in [6.45, 7) is 1.44. The molecular formula is C20H26N4O4. The predicted octanol–water partition coefficient (Wildman–Crippen LogP) is 2.03. The van der Waals surface area contributed by atoms with Crippen molar-refractivity contribution in [3.8, 4) is 11.5 Å². The van der Waals surface area contributed by atoms with E-state index in [9.17, 15) is 9.59 Å². The second-order valence-electron chi connectivity index (χ2n) is 6.36. The number of nitrogens with one attached hydrogen (secondary N) is 2. The zero-order chi connectivity index (χ0) is 20.5. The summed E-state index contributed by atoms with van der Waals surface area (Å²) in [5.74, 6) is 0.377. The number of hydrogen-bond donors (Lipinski definition) is 2. The van der Waals surface area contributed by atoms with E-state index in [4.69, 9.17) is 9.47 Å². The Labute approximate surface area is 164 Å². The maximum absolute atomic E-state index is 12.6. The van der Waals surface area contributed by atoms with Gasteiger partial charge < -0.3 is 25.0 Å². The van der Waals surface area contributed by atoms with Crippen LogP contribution in [-0.2, 0) is 0 Å². The highest BCUT2D eigenvalue weighted by atomic mass is 16.5. The van der Waals surface area contributed by atoms with Crippen molar-refractivity contribution in [1.82, 2.24) is 15.2 Å². The third-order valence-corrected chi connectivity index (χ3v) is 3.98.